The van der Waals surface area contributed by atoms with E-state index in [1.54, 1.807) is 12.1 Å². The summed E-state index contributed by atoms with van der Waals surface area (Å²) < 4.78 is 0. The van der Waals surface area contributed by atoms with E-state index < -0.39 is 5.97 Å². The lowest BCUT2D eigenvalue weighted by Crippen LogP contribution is -2.17. The summed E-state index contributed by atoms with van der Waals surface area (Å²) in [5, 5.41) is 30.0. The number of unbranched alkanes of at least 4 members (excludes halogenated alkanes) is 5. The smallest absolute Gasteiger partial charge is 0.303 e. The first kappa shape index (κ1) is 23.1. The molecule has 2 atom stereocenters. The van der Waals surface area contributed by atoms with Crippen LogP contribution in [0.25, 0.3) is 0 Å². The summed E-state index contributed by atoms with van der Waals surface area (Å²) in [5.74, 6) is -0.156. The average molecular weight is 401 g/mol. The second kappa shape index (κ2) is 11.1. The van der Waals surface area contributed by atoms with Crippen molar-refractivity contribution in [2.75, 3.05) is 0 Å². The van der Waals surface area contributed by atoms with Gasteiger partial charge in [-0.1, -0.05) is 49.5 Å². The van der Waals surface area contributed by atoms with Gasteiger partial charge in [-0.2, -0.15) is 0 Å². The summed E-state index contributed by atoms with van der Waals surface area (Å²) in [5.41, 5.74) is 3.96. The quantitative estimate of drug-likeness (QED) is 0.294. The SMILES string of the molecule is C=C(C)[C@@H]1CCC(C)=C[C@H]1c1c(O)cc(CCCCCCCCC(=O)O)cc1O. The fraction of sp³-hybridized carbons (Fsp3) is 0.560. The van der Waals surface area contributed by atoms with Gasteiger partial charge in [-0.15, -0.1) is 0 Å². The molecule has 1 aromatic rings. The minimum atomic E-state index is -0.721. The molecule has 0 amide bonds. The highest BCUT2D eigenvalue weighted by Gasteiger charge is 2.30. The first-order valence-electron chi connectivity index (χ1n) is 10.9. The highest BCUT2D eigenvalue weighted by molar-refractivity contribution is 5.66. The molecule has 0 aromatic heterocycles. The number of carboxylic acid groups (broad SMARTS) is 1. The molecular weight excluding hydrogens is 364 g/mol. The number of carbonyl (C=O) groups is 1. The van der Waals surface area contributed by atoms with Gasteiger partial charge < -0.3 is 15.3 Å². The first-order valence-corrected chi connectivity index (χ1v) is 10.9. The summed E-state index contributed by atoms with van der Waals surface area (Å²) >= 11 is 0. The first-order chi connectivity index (χ1) is 13.8. The van der Waals surface area contributed by atoms with Crippen molar-refractivity contribution in [1.29, 1.82) is 0 Å². The number of aromatic hydroxyl groups is 2. The summed E-state index contributed by atoms with van der Waals surface area (Å²) in [7, 11) is 0. The van der Waals surface area contributed by atoms with Crippen molar-refractivity contribution in [2.45, 2.75) is 84.0 Å². The number of aliphatic carboxylic acids is 1. The Morgan fingerprint density at radius 3 is 2.24 bits per heavy atom. The van der Waals surface area contributed by atoms with Crippen molar-refractivity contribution in [3.63, 3.8) is 0 Å². The third kappa shape index (κ3) is 6.95. The van der Waals surface area contributed by atoms with Crippen LogP contribution in [0.1, 0.15) is 88.7 Å². The summed E-state index contributed by atoms with van der Waals surface area (Å²) in [4.78, 5) is 10.5. The highest BCUT2D eigenvalue weighted by atomic mass is 16.4. The van der Waals surface area contributed by atoms with Crippen LogP contribution in [0.15, 0.2) is 35.9 Å². The second-order valence-electron chi connectivity index (χ2n) is 8.59. The predicted octanol–water partition coefficient (Wildman–Crippen LogP) is 6.47. The van der Waals surface area contributed by atoms with Crippen LogP contribution < -0.4 is 0 Å². The lowest BCUT2D eigenvalue weighted by molar-refractivity contribution is -0.137. The molecule has 1 aliphatic carbocycles. The standard InChI is InChI=1S/C25H36O4/c1-17(2)20-13-12-18(3)14-21(20)25-22(26)15-19(16-23(25)27)10-8-6-4-5-7-9-11-24(28)29/h14-16,20-21,26-27H,1,4-13H2,2-3H3,(H,28,29)/t20-,21+/m0/s1. The van der Waals surface area contributed by atoms with Crippen LogP contribution in [0.2, 0.25) is 0 Å². The van der Waals surface area contributed by atoms with Gasteiger partial charge in [-0.3, -0.25) is 4.79 Å². The Morgan fingerprint density at radius 2 is 1.66 bits per heavy atom. The molecule has 0 saturated heterocycles. The Kier molecular flexibility index (Phi) is 8.81. The summed E-state index contributed by atoms with van der Waals surface area (Å²) in [6, 6.07) is 3.60. The van der Waals surface area contributed by atoms with E-state index in [-0.39, 0.29) is 29.8 Å². The molecule has 160 valence electrons. The highest BCUT2D eigenvalue weighted by Crippen LogP contribution is 2.46. The Balaban J connectivity index is 1.93. The van der Waals surface area contributed by atoms with E-state index in [4.69, 9.17) is 5.11 Å². The van der Waals surface area contributed by atoms with Gasteiger partial charge in [0.15, 0.2) is 0 Å². The number of hydrogen-bond acceptors (Lipinski definition) is 3. The zero-order valence-corrected chi connectivity index (χ0v) is 17.9. The molecule has 0 spiro atoms. The van der Waals surface area contributed by atoms with Crippen LogP contribution in [-0.2, 0) is 11.2 Å². The Bertz CT molecular complexity index is 724. The molecule has 0 aliphatic heterocycles. The average Bonchev–Trinajstić information content (AvgIpc) is 2.63. The van der Waals surface area contributed by atoms with E-state index in [0.29, 0.717) is 5.56 Å². The molecule has 2 rings (SSSR count). The molecule has 0 radical (unpaired) electrons. The molecule has 3 N–H and O–H groups in total. The monoisotopic (exact) mass is 400 g/mol. The molecule has 29 heavy (non-hydrogen) atoms. The minimum absolute atomic E-state index is 0.0268. The molecule has 0 heterocycles. The topological polar surface area (TPSA) is 77.8 Å². The van der Waals surface area contributed by atoms with E-state index in [9.17, 15) is 15.0 Å². The second-order valence-corrected chi connectivity index (χ2v) is 8.59. The van der Waals surface area contributed by atoms with Crippen LogP contribution in [0.4, 0.5) is 0 Å². The predicted molar refractivity (Wildman–Crippen MR) is 117 cm³/mol. The van der Waals surface area contributed by atoms with Crippen molar-refractivity contribution in [3.8, 4) is 11.5 Å². The van der Waals surface area contributed by atoms with Gasteiger partial charge >= 0.3 is 5.97 Å². The van der Waals surface area contributed by atoms with Crippen LogP contribution in [0.3, 0.4) is 0 Å². The van der Waals surface area contributed by atoms with Crippen LogP contribution in [-0.4, -0.2) is 21.3 Å². The Labute approximate surface area is 175 Å². The number of rotatable bonds is 11. The van der Waals surface area contributed by atoms with Gasteiger partial charge in [0, 0.05) is 17.9 Å². The lowest BCUT2D eigenvalue weighted by Gasteiger charge is -2.31. The normalized spacial score (nSPS) is 19.0. The lowest BCUT2D eigenvalue weighted by atomic mass is 9.73. The van der Waals surface area contributed by atoms with Gasteiger partial charge in [0.25, 0.3) is 0 Å². The fourth-order valence-electron chi connectivity index (χ4n) is 4.38. The third-order valence-electron chi connectivity index (χ3n) is 6.02. The third-order valence-corrected chi connectivity index (χ3v) is 6.02. The van der Waals surface area contributed by atoms with Gasteiger partial charge in [0.05, 0.1) is 0 Å². The van der Waals surface area contributed by atoms with Crippen molar-refractivity contribution < 1.29 is 20.1 Å². The zero-order valence-electron chi connectivity index (χ0n) is 17.9. The van der Waals surface area contributed by atoms with E-state index in [2.05, 4.69) is 19.6 Å². The minimum Gasteiger partial charge on any atom is -0.507 e. The maximum absolute atomic E-state index is 10.7. The van der Waals surface area contributed by atoms with E-state index in [1.807, 2.05) is 6.92 Å². The Hall–Kier alpha value is -2.23. The molecular formula is C25H36O4. The number of allylic oxidation sites excluding steroid dienone is 3. The molecule has 0 unspecified atom stereocenters. The van der Waals surface area contributed by atoms with E-state index in [1.165, 1.54) is 5.57 Å². The van der Waals surface area contributed by atoms with Crippen molar-refractivity contribution >= 4 is 5.97 Å². The van der Waals surface area contributed by atoms with Gasteiger partial charge in [0.2, 0.25) is 0 Å². The molecule has 1 aromatic carbocycles. The molecule has 0 bridgehead atoms. The summed E-state index contributed by atoms with van der Waals surface area (Å²) in [6.07, 6.45) is 11.2. The van der Waals surface area contributed by atoms with Gasteiger partial charge in [0.1, 0.15) is 11.5 Å². The number of carboxylic acids is 1. The summed E-state index contributed by atoms with van der Waals surface area (Å²) in [6.45, 7) is 8.25. The maximum Gasteiger partial charge on any atom is 0.303 e. The Morgan fingerprint density at radius 1 is 1.07 bits per heavy atom. The van der Waals surface area contributed by atoms with E-state index in [0.717, 1.165) is 68.9 Å². The molecule has 0 fully saturated rings. The number of phenols is 2. The molecule has 4 heteroatoms. The number of benzene rings is 1. The fourth-order valence-corrected chi connectivity index (χ4v) is 4.38. The molecule has 4 nitrogen and oxygen atoms in total. The van der Waals surface area contributed by atoms with Crippen LogP contribution in [0.5, 0.6) is 11.5 Å². The van der Waals surface area contributed by atoms with Crippen molar-refractivity contribution in [2.24, 2.45) is 5.92 Å². The molecule has 0 saturated carbocycles. The van der Waals surface area contributed by atoms with Crippen molar-refractivity contribution in [1.82, 2.24) is 0 Å². The van der Waals surface area contributed by atoms with Crippen LogP contribution in [0, 0.1) is 5.92 Å². The number of phenolic OH excluding ortho intramolecular Hbond substituents is 2. The van der Waals surface area contributed by atoms with E-state index >= 15 is 0 Å². The largest absolute Gasteiger partial charge is 0.507 e. The number of aryl methyl sites for hydroxylation is 1. The van der Waals surface area contributed by atoms with Crippen molar-refractivity contribution in [3.05, 3.63) is 47.1 Å². The van der Waals surface area contributed by atoms with Crippen LogP contribution >= 0.6 is 0 Å². The van der Waals surface area contributed by atoms with Gasteiger partial charge in [-0.05, 0) is 69.6 Å². The maximum atomic E-state index is 10.7. The number of hydrogen-bond donors (Lipinski definition) is 3. The molecule has 1 aliphatic rings. The zero-order chi connectivity index (χ0) is 21.4. The van der Waals surface area contributed by atoms with Gasteiger partial charge in [-0.25, -0.2) is 0 Å².